The zero-order chi connectivity index (χ0) is 16.1. The quantitative estimate of drug-likeness (QED) is 0.484. The fraction of sp³-hybridized carbons (Fsp3) is 0. The molecule has 0 aromatic heterocycles. The molecule has 2 aromatic carbocycles. The Morgan fingerprint density at radius 3 is 2.59 bits per heavy atom. The van der Waals surface area contributed by atoms with E-state index in [1.54, 1.807) is 30.3 Å². The van der Waals surface area contributed by atoms with Crippen LogP contribution in [-0.2, 0) is 4.79 Å². The van der Waals surface area contributed by atoms with E-state index in [-0.39, 0.29) is 11.3 Å². The van der Waals surface area contributed by atoms with Crippen LogP contribution in [0.5, 0.6) is 5.75 Å². The first-order valence-corrected chi connectivity index (χ1v) is 7.32. The number of carboxylic acids is 1. The van der Waals surface area contributed by atoms with E-state index in [1.807, 2.05) is 0 Å². The summed E-state index contributed by atoms with van der Waals surface area (Å²) in [6, 6.07) is 11.4. The second-order valence-corrected chi connectivity index (χ2v) is 5.54. The van der Waals surface area contributed by atoms with Crippen LogP contribution in [0.3, 0.4) is 0 Å². The van der Waals surface area contributed by atoms with Crippen molar-refractivity contribution >= 4 is 45.5 Å². The van der Waals surface area contributed by atoms with Crippen LogP contribution in [-0.4, -0.2) is 17.0 Å². The van der Waals surface area contributed by atoms with Gasteiger partial charge in [-0.1, -0.05) is 45.7 Å². The lowest BCUT2D eigenvalue weighted by atomic mass is 10.2. The third kappa shape index (κ3) is 4.19. The summed E-state index contributed by atoms with van der Waals surface area (Å²) in [7, 11) is 0. The summed E-state index contributed by atoms with van der Waals surface area (Å²) in [6.45, 7) is 0. The van der Waals surface area contributed by atoms with Gasteiger partial charge in [-0.05, 0) is 35.9 Å². The fourth-order valence-corrected chi connectivity index (χ4v) is 2.23. The molecule has 0 unspecified atom stereocenters. The highest BCUT2D eigenvalue weighted by atomic mass is 79.9. The van der Waals surface area contributed by atoms with Gasteiger partial charge in [0.25, 0.3) is 0 Å². The molecule has 2 aromatic rings. The lowest BCUT2D eigenvalue weighted by Gasteiger charge is -2.06. The van der Waals surface area contributed by atoms with Crippen LogP contribution < -0.4 is 4.74 Å². The van der Waals surface area contributed by atoms with Gasteiger partial charge in [-0.2, -0.15) is 0 Å². The molecule has 0 aliphatic heterocycles. The Morgan fingerprint density at radius 1 is 1.18 bits per heavy atom. The Labute approximate surface area is 140 Å². The Balaban J connectivity index is 2.16. The molecule has 0 radical (unpaired) electrons. The molecule has 0 spiro atoms. The van der Waals surface area contributed by atoms with E-state index in [9.17, 15) is 9.59 Å². The van der Waals surface area contributed by atoms with Gasteiger partial charge in [-0.3, -0.25) is 0 Å². The zero-order valence-electron chi connectivity index (χ0n) is 11.1. The molecule has 0 fully saturated rings. The molecule has 0 aliphatic rings. The van der Waals surface area contributed by atoms with Gasteiger partial charge < -0.3 is 9.84 Å². The maximum atomic E-state index is 11.8. The molecule has 0 heterocycles. The van der Waals surface area contributed by atoms with Crippen LogP contribution >= 0.6 is 27.5 Å². The van der Waals surface area contributed by atoms with Crippen LogP contribution in [0.4, 0.5) is 0 Å². The number of esters is 1. The monoisotopic (exact) mass is 380 g/mol. The summed E-state index contributed by atoms with van der Waals surface area (Å²) in [5.41, 5.74) is 0.559. The average Bonchev–Trinajstić information content (AvgIpc) is 2.48. The number of hydrogen-bond donors (Lipinski definition) is 1. The topological polar surface area (TPSA) is 63.6 Å². The highest BCUT2D eigenvalue weighted by Gasteiger charge is 2.14. The number of carbonyl (C=O) groups is 2. The van der Waals surface area contributed by atoms with E-state index in [0.717, 1.165) is 0 Å². The third-order valence-electron chi connectivity index (χ3n) is 2.69. The SMILES string of the molecule is O=C(/C=C/c1ccccc1Cl)Oc1ccc(Br)cc1C(=O)O. The molecule has 0 saturated carbocycles. The van der Waals surface area contributed by atoms with Crippen molar-refractivity contribution in [2.75, 3.05) is 0 Å². The lowest BCUT2D eigenvalue weighted by molar-refractivity contribution is -0.128. The smallest absolute Gasteiger partial charge is 0.339 e. The van der Waals surface area contributed by atoms with Crippen molar-refractivity contribution in [1.29, 1.82) is 0 Å². The Hall–Kier alpha value is -2.11. The maximum Gasteiger partial charge on any atom is 0.339 e. The number of hydrogen-bond acceptors (Lipinski definition) is 3. The molecule has 2 rings (SSSR count). The highest BCUT2D eigenvalue weighted by Crippen LogP contribution is 2.24. The van der Waals surface area contributed by atoms with E-state index in [1.165, 1.54) is 24.3 Å². The van der Waals surface area contributed by atoms with Crippen LogP contribution in [0.25, 0.3) is 6.08 Å². The molecule has 112 valence electrons. The second-order valence-electron chi connectivity index (χ2n) is 4.22. The van der Waals surface area contributed by atoms with Gasteiger partial charge in [-0.15, -0.1) is 0 Å². The summed E-state index contributed by atoms with van der Waals surface area (Å²) < 4.78 is 5.63. The summed E-state index contributed by atoms with van der Waals surface area (Å²) in [4.78, 5) is 22.9. The van der Waals surface area contributed by atoms with Crippen molar-refractivity contribution in [1.82, 2.24) is 0 Å². The zero-order valence-corrected chi connectivity index (χ0v) is 13.5. The molecule has 4 nitrogen and oxygen atoms in total. The van der Waals surface area contributed by atoms with Gasteiger partial charge in [0.1, 0.15) is 11.3 Å². The van der Waals surface area contributed by atoms with Crippen molar-refractivity contribution in [2.45, 2.75) is 0 Å². The number of aromatic carboxylic acids is 1. The van der Waals surface area contributed by atoms with Crippen molar-refractivity contribution < 1.29 is 19.4 Å². The van der Waals surface area contributed by atoms with Crippen molar-refractivity contribution in [3.8, 4) is 5.75 Å². The largest absolute Gasteiger partial charge is 0.478 e. The number of carboxylic acid groups (broad SMARTS) is 1. The molecule has 0 atom stereocenters. The van der Waals surface area contributed by atoms with Crippen molar-refractivity contribution in [2.24, 2.45) is 0 Å². The van der Waals surface area contributed by atoms with Gasteiger partial charge in [-0.25, -0.2) is 9.59 Å². The van der Waals surface area contributed by atoms with E-state index in [4.69, 9.17) is 21.4 Å². The van der Waals surface area contributed by atoms with E-state index >= 15 is 0 Å². The number of benzene rings is 2. The molecule has 0 bridgehead atoms. The van der Waals surface area contributed by atoms with Crippen LogP contribution in [0.1, 0.15) is 15.9 Å². The summed E-state index contributed by atoms with van der Waals surface area (Å²) >= 11 is 9.13. The molecule has 22 heavy (non-hydrogen) atoms. The second kappa shape index (κ2) is 7.24. The minimum Gasteiger partial charge on any atom is -0.478 e. The molecular formula is C16H10BrClO4. The molecule has 0 amide bonds. The minimum absolute atomic E-state index is 0.0236. The summed E-state index contributed by atoms with van der Waals surface area (Å²) in [6.07, 6.45) is 2.69. The first-order valence-electron chi connectivity index (χ1n) is 6.14. The Morgan fingerprint density at radius 2 is 1.91 bits per heavy atom. The number of carbonyl (C=O) groups excluding carboxylic acids is 1. The van der Waals surface area contributed by atoms with Gasteiger partial charge in [0.15, 0.2) is 0 Å². The predicted octanol–water partition coefficient (Wildman–Crippen LogP) is 4.42. The molecular weight excluding hydrogens is 372 g/mol. The first-order chi connectivity index (χ1) is 10.5. The van der Waals surface area contributed by atoms with Gasteiger partial charge >= 0.3 is 11.9 Å². The Bertz CT molecular complexity index is 756. The molecule has 0 aliphatic carbocycles. The lowest BCUT2D eigenvalue weighted by Crippen LogP contribution is -2.08. The van der Waals surface area contributed by atoms with Crippen LogP contribution in [0.2, 0.25) is 5.02 Å². The summed E-state index contributed by atoms with van der Waals surface area (Å²) in [5.74, 6) is -1.89. The van der Waals surface area contributed by atoms with E-state index in [2.05, 4.69) is 15.9 Å². The summed E-state index contributed by atoms with van der Waals surface area (Å²) in [5, 5.41) is 9.60. The van der Waals surface area contributed by atoms with Gasteiger partial charge in [0, 0.05) is 15.6 Å². The standard InChI is InChI=1S/C16H10BrClO4/c17-11-6-7-14(12(9-11)16(20)21)22-15(19)8-5-10-3-1-2-4-13(10)18/h1-9H,(H,20,21)/b8-5+. The number of halogens is 2. The Kier molecular flexibility index (Phi) is 5.35. The highest BCUT2D eigenvalue weighted by molar-refractivity contribution is 9.10. The van der Waals surface area contributed by atoms with Crippen LogP contribution in [0, 0.1) is 0 Å². The van der Waals surface area contributed by atoms with E-state index < -0.39 is 11.9 Å². The minimum atomic E-state index is -1.18. The fourth-order valence-electron chi connectivity index (χ4n) is 1.67. The normalized spacial score (nSPS) is 10.6. The van der Waals surface area contributed by atoms with E-state index in [0.29, 0.717) is 15.1 Å². The van der Waals surface area contributed by atoms with Crippen molar-refractivity contribution in [3.05, 3.63) is 69.2 Å². The number of rotatable bonds is 4. The number of ether oxygens (including phenoxy) is 1. The van der Waals surface area contributed by atoms with Gasteiger partial charge in [0.2, 0.25) is 0 Å². The molecule has 1 N–H and O–H groups in total. The first kappa shape index (κ1) is 16.3. The van der Waals surface area contributed by atoms with Crippen molar-refractivity contribution in [3.63, 3.8) is 0 Å². The van der Waals surface area contributed by atoms with Gasteiger partial charge in [0.05, 0.1) is 0 Å². The predicted molar refractivity (Wildman–Crippen MR) is 87.2 cm³/mol. The molecule has 6 heteroatoms. The molecule has 0 saturated heterocycles. The maximum absolute atomic E-state index is 11.8. The van der Waals surface area contributed by atoms with Crippen LogP contribution in [0.15, 0.2) is 53.0 Å². The average molecular weight is 382 g/mol. The third-order valence-corrected chi connectivity index (χ3v) is 3.52.